The van der Waals surface area contributed by atoms with Crippen LogP contribution in [0.25, 0.3) is 0 Å². The second kappa shape index (κ2) is 27.8. The number of hydrogen-bond acceptors (Lipinski definition) is 20. The van der Waals surface area contributed by atoms with E-state index in [1.54, 1.807) is 24.3 Å². The molecule has 67 heavy (non-hydrogen) atoms. The van der Waals surface area contributed by atoms with Crippen molar-refractivity contribution in [1.29, 1.82) is 0 Å². The Morgan fingerprint density at radius 2 is 0.612 bits per heavy atom. The zero-order valence-corrected chi connectivity index (χ0v) is 38.5. The van der Waals surface area contributed by atoms with E-state index in [2.05, 4.69) is 0 Å². The molecule has 20 nitrogen and oxygen atoms in total. The highest BCUT2D eigenvalue weighted by Crippen LogP contribution is 2.39. The second-order valence-corrected chi connectivity index (χ2v) is 18.1. The van der Waals surface area contributed by atoms with Crippen LogP contribution < -0.4 is 0 Å². The summed E-state index contributed by atoms with van der Waals surface area (Å²) in [7, 11) is 0. The van der Waals surface area contributed by atoms with Gasteiger partial charge < -0.3 is 58.3 Å². The quantitative estimate of drug-likeness (QED) is 0.0606. The van der Waals surface area contributed by atoms with E-state index in [0.29, 0.717) is 12.8 Å². The van der Waals surface area contributed by atoms with Crippen LogP contribution in [0.2, 0.25) is 0 Å². The number of hydrogen-bond donors (Lipinski definition) is 4. The number of aliphatic hydroxyl groups excluding tert-OH is 4. The van der Waals surface area contributed by atoms with Gasteiger partial charge in [-0.1, -0.05) is 38.2 Å². The first-order valence-electron chi connectivity index (χ1n) is 23.3. The fraction of sp³-hybridized carbons (Fsp3) is 0.745. The van der Waals surface area contributed by atoms with Gasteiger partial charge in [-0.3, -0.25) is 38.4 Å². The van der Waals surface area contributed by atoms with Crippen LogP contribution in [0.5, 0.6) is 0 Å². The molecule has 2 fully saturated rings. The topological polar surface area (TPSA) is 291 Å². The maximum atomic E-state index is 14.1. The molecule has 4 aliphatic carbocycles. The molecular formula is C47H68O20. The van der Waals surface area contributed by atoms with Crippen molar-refractivity contribution >= 4 is 47.8 Å². The number of carbonyl (C=O) groups is 8. The normalized spacial score (nSPS) is 27.9. The Balaban J connectivity index is 1.71. The van der Waals surface area contributed by atoms with Gasteiger partial charge in [0.2, 0.25) is 0 Å². The molecule has 0 bridgehead atoms. The van der Waals surface area contributed by atoms with Crippen LogP contribution >= 0.6 is 0 Å². The summed E-state index contributed by atoms with van der Waals surface area (Å²) >= 11 is 0. The first-order valence-corrected chi connectivity index (χ1v) is 23.3. The molecule has 0 aromatic heterocycles. The van der Waals surface area contributed by atoms with Crippen LogP contribution in [-0.4, -0.2) is 147 Å². The highest BCUT2D eigenvalue weighted by molar-refractivity contribution is 5.85. The molecule has 0 amide bonds. The first kappa shape index (κ1) is 54.7. The standard InChI is InChI=1S/C47H68O20/c1-29-11-13-35(37(23-29)45(58)62-21-17-50)43(56)66-27-47(25-64-41(54)33-9-5-3-7-31(33)39(52)60-19-15-48,26-65-42(55)34-10-6-4-8-32(34)40(53)61-20-16-49)28-67-44(57)36-14-12-30(2)24-38(36)46(59)63-22-18-51/h3-6,29-38,48-51H,7-28H2,1-2H3. The Morgan fingerprint density at radius 1 is 0.373 bits per heavy atom. The Bertz CT molecular complexity index is 1620. The number of ether oxygens (including phenoxy) is 8. The van der Waals surface area contributed by atoms with Crippen molar-refractivity contribution < 1.29 is 96.7 Å². The molecule has 0 spiro atoms. The summed E-state index contributed by atoms with van der Waals surface area (Å²) in [4.78, 5) is 109. The summed E-state index contributed by atoms with van der Waals surface area (Å²) in [6.45, 7) is -2.05. The minimum Gasteiger partial charge on any atom is -0.464 e. The second-order valence-electron chi connectivity index (χ2n) is 18.1. The molecular weight excluding hydrogens is 884 g/mol. The van der Waals surface area contributed by atoms with Gasteiger partial charge in [0.05, 0.1) is 73.8 Å². The van der Waals surface area contributed by atoms with Crippen LogP contribution in [-0.2, 0) is 76.3 Å². The molecule has 10 unspecified atom stereocenters. The highest BCUT2D eigenvalue weighted by Gasteiger charge is 2.47. The predicted molar refractivity (Wildman–Crippen MR) is 229 cm³/mol. The average Bonchev–Trinajstić information content (AvgIpc) is 3.34. The molecule has 20 heteroatoms. The molecule has 0 aliphatic heterocycles. The van der Waals surface area contributed by atoms with E-state index >= 15 is 0 Å². The van der Waals surface area contributed by atoms with Gasteiger partial charge in [0.25, 0.3) is 0 Å². The summed E-state index contributed by atoms with van der Waals surface area (Å²) in [5.74, 6) is -14.4. The minimum atomic E-state index is -1.89. The molecule has 0 radical (unpaired) electrons. The summed E-state index contributed by atoms with van der Waals surface area (Å²) < 4.78 is 44.4. The summed E-state index contributed by atoms with van der Waals surface area (Å²) in [5, 5.41) is 37.1. The van der Waals surface area contributed by atoms with Crippen molar-refractivity contribution in [1.82, 2.24) is 0 Å². The van der Waals surface area contributed by atoms with E-state index in [0.717, 1.165) is 0 Å². The van der Waals surface area contributed by atoms with Gasteiger partial charge in [0.15, 0.2) is 0 Å². The Labute approximate surface area is 390 Å². The van der Waals surface area contributed by atoms with Crippen molar-refractivity contribution in [2.24, 2.45) is 64.6 Å². The van der Waals surface area contributed by atoms with Crippen LogP contribution in [0.1, 0.15) is 78.1 Å². The van der Waals surface area contributed by atoms with Gasteiger partial charge >= 0.3 is 47.8 Å². The number of aliphatic hydroxyl groups is 4. The minimum absolute atomic E-state index is 0.0411. The first-order chi connectivity index (χ1) is 32.2. The Hall–Kier alpha value is -4.92. The molecule has 0 aromatic carbocycles. The van der Waals surface area contributed by atoms with Crippen LogP contribution in [0.4, 0.5) is 0 Å². The molecule has 2 saturated carbocycles. The average molecular weight is 953 g/mol. The van der Waals surface area contributed by atoms with Gasteiger partial charge in [-0.05, 0) is 76.0 Å². The fourth-order valence-corrected chi connectivity index (χ4v) is 9.11. The van der Waals surface area contributed by atoms with Crippen LogP contribution in [0.15, 0.2) is 24.3 Å². The number of rotatable bonds is 24. The summed E-state index contributed by atoms with van der Waals surface area (Å²) in [5.41, 5.74) is -1.89. The lowest BCUT2D eigenvalue weighted by Gasteiger charge is -2.36. The maximum absolute atomic E-state index is 14.1. The van der Waals surface area contributed by atoms with Crippen molar-refractivity contribution in [3.05, 3.63) is 24.3 Å². The van der Waals surface area contributed by atoms with E-state index in [1.165, 1.54) is 0 Å². The number of allylic oxidation sites excluding steroid dienone is 4. The largest absolute Gasteiger partial charge is 0.464 e. The molecule has 0 aromatic rings. The molecule has 0 saturated heterocycles. The van der Waals surface area contributed by atoms with Crippen molar-refractivity contribution in [2.45, 2.75) is 78.1 Å². The maximum Gasteiger partial charge on any atom is 0.310 e. The molecule has 4 N–H and O–H groups in total. The number of carbonyl (C=O) groups excluding carboxylic acids is 8. The predicted octanol–water partition coefficient (Wildman–Crippen LogP) is 1.56. The van der Waals surface area contributed by atoms with Gasteiger partial charge in [-0.2, -0.15) is 0 Å². The fourth-order valence-electron chi connectivity index (χ4n) is 9.11. The van der Waals surface area contributed by atoms with Crippen LogP contribution in [0, 0.1) is 64.6 Å². The monoisotopic (exact) mass is 952 g/mol. The Kier molecular flexibility index (Phi) is 22.7. The van der Waals surface area contributed by atoms with Gasteiger partial charge in [-0.15, -0.1) is 0 Å². The van der Waals surface area contributed by atoms with Crippen LogP contribution in [0.3, 0.4) is 0 Å². The lowest BCUT2D eigenvalue weighted by molar-refractivity contribution is -0.184. The van der Waals surface area contributed by atoms with Crippen molar-refractivity contribution in [3.8, 4) is 0 Å². The van der Waals surface area contributed by atoms with E-state index in [4.69, 9.17) is 37.9 Å². The molecule has 4 rings (SSSR count). The summed E-state index contributed by atoms with van der Waals surface area (Å²) in [6.07, 6.45) is 9.23. The molecule has 10 atom stereocenters. The number of esters is 8. The Morgan fingerprint density at radius 3 is 0.881 bits per heavy atom. The molecule has 0 heterocycles. The van der Waals surface area contributed by atoms with E-state index in [9.17, 15) is 58.8 Å². The van der Waals surface area contributed by atoms with Crippen molar-refractivity contribution in [2.75, 3.05) is 79.3 Å². The third-order valence-corrected chi connectivity index (χ3v) is 12.9. The van der Waals surface area contributed by atoms with Crippen molar-refractivity contribution in [3.63, 3.8) is 0 Å². The molecule has 4 aliphatic rings. The zero-order valence-electron chi connectivity index (χ0n) is 38.5. The van der Waals surface area contributed by atoms with E-state index in [1.807, 2.05) is 13.8 Å². The highest BCUT2D eigenvalue weighted by atomic mass is 16.6. The molecule has 376 valence electrons. The van der Waals surface area contributed by atoms with Gasteiger partial charge in [-0.25, -0.2) is 0 Å². The zero-order chi connectivity index (χ0) is 48.9. The lowest BCUT2D eigenvalue weighted by atomic mass is 9.74. The van der Waals surface area contributed by atoms with E-state index < -0.39 is 153 Å². The third-order valence-electron chi connectivity index (χ3n) is 12.9. The van der Waals surface area contributed by atoms with Gasteiger partial charge in [0.1, 0.15) is 58.3 Å². The third kappa shape index (κ3) is 16.1. The van der Waals surface area contributed by atoms with Gasteiger partial charge in [0, 0.05) is 0 Å². The summed E-state index contributed by atoms with van der Waals surface area (Å²) in [6, 6.07) is 0. The smallest absolute Gasteiger partial charge is 0.310 e. The van der Waals surface area contributed by atoms with E-state index in [-0.39, 0.29) is 89.6 Å². The lowest BCUT2D eigenvalue weighted by Crippen LogP contribution is -2.47. The SMILES string of the molecule is CC1CCC(C(=O)OCC(COC(=O)C2CC=CCC2C(=O)OCCO)(COC(=O)C2CC=CCC2C(=O)OCCO)COC(=O)C2CCC(C)CC2C(=O)OCCO)C(C(=O)OCCO)C1.